The lowest BCUT2D eigenvalue weighted by Crippen LogP contribution is -2.28. The summed E-state index contributed by atoms with van der Waals surface area (Å²) in [6.45, 7) is 1.31. The summed E-state index contributed by atoms with van der Waals surface area (Å²) < 4.78 is 1.76. The highest BCUT2D eigenvalue weighted by atomic mass is 16.4. The molecule has 1 amide bonds. The SMILES string of the molecule is O=C(O)c1ccc([C@@H]2CCN(C(=O)c3cccc(-n4cnnc4)c3)C2)cc1. The van der Waals surface area contributed by atoms with E-state index in [1.54, 1.807) is 29.4 Å². The van der Waals surface area contributed by atoms with Crippen LogP contribution in [0.1, 0.15) is 38.6 Å². The molecule has 2 aromatic carbocycles. The van der Waals surface area contributed by atoms with Crippen LogP contribution in [0.15, 0.2) is 61.2 Å². The van der Waals surface area contributed by atoms with E-state index in [9.17, 15) is 9.59 Å². The van der Waals surface area contributed by atoms with E-state index in [4.69, 9.17) is 5.11 Å². The zero-order valence-electron chi connectivity index (χ0n) is 14.5. The van der Waals surface area contributed by atoms with Gasteiger partial charge in [0.2, 0.25) is 0 Å². The van der Waals surface area contributed by atoms with Crippen LogP contribution in [0.5, 0.6) is 0 Å². The molecule has 4 rings (SSSR count). The van der Waals surface area contributed by atoms with Gasteiger partial charge in [0.15, 0.2) is 0 Å². The van der Waals surface area contributed by atoms with Gasteiger partial charge in [0.25, 0.3) is 5.91 Å². The molecule has 0 unspecified atom stereocenters. The topological polar surface area (TPSA) is 88.3 Å². The van der Waals surface area contributed by atoms with Gasteiger partial charge in [-0.15, -0.1) is 10.2 Å². The fourth-order valence-corrected chi connectivity index (χ4v) is 3.43. The van der Waals surface area contributed by atoms with Gasteiger partial charge in [-0.05, 0) is 42.3 Å². The van der Waals surface area contributed by atoms with Crippen LogP contribution >= 0.6 is 0 Å². The van der Waals surface area contributed by atoms with Crippen molar-refractivity contribution in [3.05, 3.63) is 77.9 Å². The largest absolute Gasteiger partial charge is 0.478 e. The fourth-order valence-electron chi connectivity index (χ4n) is 3.43. The number of carboxylic acids is 1. The van der Waals surface area contributed by atoms with E-state index in [-0.39, 0.29) is 17.4 Å². The van der Waals surface area contributed by atoms with Crippen molar-refractivity contribution in [1.29, 1.82) is 0 Å². The standard InChI is InChI=1S/C20H18N4O3/c25-19(16-2-1-3-18(10-16)24-12-21-22-13-24)23-9-8-17(11-23)14-4-6-15(7-5-14)20(26)27/h1-7,10,12-13,17H,8-9,11H2,(H,26,27)/t17-/m1/s1. The zero-order chi connectivity index (χ0) is 18.8. The molecule has 1 aliphatic rings. The number of aromatic carboxylic acids is 1. The molecule has 1 aromatic heterocycles. The smallest absolute Gasteiger partial charge is 0.335 e. The quantitative estimate of drug-likeness (QED) is 0.771. The van der Waals surface area contributed by atoms with E-state index >= 15 is 0 Å². The van der Waals surface area contributed by atoms with Gasteiger partial charge in [-0.2, -0.15) is 0 Å². The normalized spacial score (nSPS) is 16.4. The average Bonchev–Trinajstić information content (AvgIpc) is 3.40. The zero-order valence-corrected chi connectivity index (χ0v) is 14.5. The number of hydrogen-bond donors (Lipinski definition) is 1. The number of aromatic nitrogens is 3. The molecule has 1 N–H and O–H groups in total. The third kappa shape index (κ3) is 3.44. The van der Waals surface area contributed by atoms with Gasteiger partial charge in [-0.25, -0.2) is 4.79 Å². The molecular formula is C20H18N4O3. The Kier molecular flexibility index (Phi) is 4.42. The molecule has 0 aliphatic carbocycles. The number of likely N-dealkylation sites (tertiary alicyclic amines) is 1. The fraction of sp³-hybridized carbons (Fsp3) is 0.200. The van der Waals surface area contributed by atoms with Crippen molar-refractivity contribution >= 4 is 11.9 Å². The van der Waals surface area contributed by atoms with Crippen LogP contribution in [0.4, 0.5) is 0 Å². The third-order valence-electron chi connectivity index (χ3n) is 4.91. The van der Waals surface area contributed by atoms with Gasteiger partial charge < -0.3 is 10.0 Å². The Bertz CT molecular complexity index is 967. The molecule has 0 spiro atoms. The first-order valence-corrected chi connectivity index (χ1v) is 8.69. The lowest BCUT2D eigenvalue weighted by atomic mass is 9.97. The first-order chi connectivity index (χ1) is 13.1. The minimum atomic E-state index is -0.933. The van der Waals surface area contributed by atoms with Crippen molar-refractivity contribution in [3.8, 4) is 5.69 Å². The van der Waals surface area contributed by atoms with Crippen LogP contribution in [-0.2, 0) is 0 Å². The molecule has 27 heavy (non-hydrogen) atoms. The first kappa shape index (κ1) is 17.0. The molecular weight excluding hydrogens is 344 g/mol. The number of carboxylic acid groups (broad SMARTS) is 1. The van der Waals surface area contributed by atoms with E-state index < -0.39 is 5.97 Å². The van der Waals surface area contributed by atoms with Gasteiger partial charge >= 0.3 is 5.97 Å². The number of amides is 1. The monoisotopic (exact) mass is 362 g/mol. The lowest BCUT2D eigenvalue weighted by molar-refractivity contribution is 0.0696. The molecule has 2 heterocycles. The minimum Gasteiger partial charge on any atom is -0.478 e. The van der Waals surface area contributed by atoms with E-state index in [0.29, 0.717) is 18.7 Å². The first-order valence-electron chi connectivity index (χ1n) is 8.69. The summed E-state index contributed by atoms with van der Waals surface area (Å²) in [4.78, 5) is 25.7. The highest BCUT2D eigenvalue weighted by Crippen LogP contribution is 2.28. The molecule has 0 bridgehead atoms. The molecule has 7 heteroatoms. The van der Waals surface area contributed by atoms with Crippen LogP contribution in [0.25, 0.3) is 5.69 Å². The second kappa shape index (κ2) is 7.03. The van der Waals surface area contributed by atoms with Crippen molar-refractivity contribution in [2.75, 3.05) is 13.1 Å². The molecule has 3 aromatic rings. The van der Waals surface area contributed by atoms with E-state index in [0.717, 1.165) is 17.7 Å². The second-order valence-corrected chi connectivity index (χ2v) is 6.58. The number of hydrogen-bond acceptors (Lipinski definition) is 4. The maximum Gasteiger partial charge on any atom is 0.335 e. The molecule has 1 fully saturated rings. The number of benzene rings is 2. The van der Waals surface area contributed by atoms with E-state index in [1.165, 1.54) is 0 Å². The summed E-state index contributed by atoms with van der Waals surface area (Å²) in [5.41, 5.74) is 2.80. The molecule has 0 radical (unpaired) electrons. The number of rotatable bonds is 4. The van der Waals surface area contributed by atoms with E-state index in [1.807, 2.05) is 41.3 Å². The third-order valence-corrected chi connectivity index (χ3v) is 4.91. The number of nitrogens with zero attached hydrogens (tertiary/aromatic N) is 4. The van der Waals surface area contributed by atoms with Crippen LogP contribution in [0.3, 0.4) is 0 Å². The Hall–Kier alpha value is -3.48. The maximum absolute atomic E-state index is 12.9. The summed E-state index contributed by atoms with van der Waals surface area (Å²) in [7, 11) is 0. The van der Waals surface area contributed by atoms with Crippen molar-refractivity contribution in [1.82, 2.24) is 19.7 Å². The number of carbonyl (C=O) groups excluding carboxylic acids is 1. The van der Waals surface area contributed by atoms with Gasteiger partial charge in [-0.3, -0.25) is 9.36 Å². The number of carbonyl (C=O) groups is 2. The summed E-state index contributed by atoms with van der Waals surface area (Å²) in [6.07, 6.45) is 4.05. The Labute approximate surface area is 155 Å². The second-order valence-electron chi connectivity index (χ2n) is 6.58. The Morgan fingerprint density at radius 1 is 1.00 bits per heavy atom. The highest BCUT2D eigenvalue weighted by molar-refractivity contribution is 5.95. The van der Waals surface area contributed by atoms with Crippen LogP contribution in [0, 0.1) is 0 Å². The average molecular weight is 362 g/mol. The van der Waals surface area contributed by atoms with Crippen molar-refractivity contribution < 1.29 is 14.7 Å². The lowest BCUT2D eigenvalue weighted by Gasteiger charge is -2.17. The molecule has 1 atom stereocenters. The van der Waals surface area contributed by atoms with Crippen molar-refractivity contribution in [2.24, 2.45) is 0 Å². The molecule has 136 valence electrons. The van der Waals surface area contributed by atoms with Gasteiger partial charge in [0.1, 0.15) is 12.7 Å². The van der Waals surface area contributed by atoms with Crippen LogP contribution in [-0.4, -0.2) is 49.7 Å². The Morgan fingerprint density at radius 2 is 1.74 bits per heavy atom. The molecule has 1 aliphatic heterocycles. The van der Waals surface area contributed by atoms with Gasteiger partial charge in [0, 0.05) is 30.3 Å². The predicted molar refractivity (Wildman–Crippen MR) is 98.0 cm³/mol. The minimum absolute atomic E-state index is 0.00502. The Morgan fingerprint density at radius 3 is 2.44 bits per heavy atom. The maximum atomic E-state index is 12.9. The van der Waals surface area contributed by atoms with Crippen LogP contribution in [0.2, 0.25) is 0 Å². The molecule has 7 nitrogen and oxygen atoms in total. The van der Waals surface area contributed by atoms with Crippen LogP contribution < -0.4 is 0 Å². The highest BCUT2D eigenvalue weighted by Gasteiger charge is 2.28. The Balaban J connectivity index is 1.48. The van der Waals surface area contributed by atoms with Crippen molar-refractivity contribution in [3.63, 3.8) is 0 Å². The van der Waals surface area contributed by atoms with Gasteiger partial charge in [-0.1, -0.05) is 18.2 Å². The van der Waals surface area contributed by atoms with Gasteiger partial charge in [0.05, 0.1) is 5.56 Å². The summed E-state index contributed by atoms with van der Waals surface area (Å²) >= 11 is 0. The molecule has 0 saturated carbocycles. The predicted octanol–water partition coefficient (Wildman–Crippen LogP) is 2.60. The summed E-state index contributed by atoms with van der Waals surface area (Å²) in [5, 5.41) is 16.6. The van der Waals surface area contributed by atoms with Crippen molar-refractivity contribution in [2.45, 2.75) is 12.3 Å². The summed E-state index contributed by atoms with van der Waals surface area (Å²) in [6, 6.07) is 14.3. The summed E-state index contributed by atoms with van der Waals surface area (Å²) in [5.74, 6) is -0.717. The molecule has 1 saturated heterocycles. The van der Waals surface area contributed by atoms with E-state index in [2.05, 4.69) is 10.2 Å².